The third kappa shape index (κ3) is 4.02. The van der Waals surface area contributed by atoms with Gasteiger partial charge in [-0.1, -0.05) is 29.8 Å². The average molecular weight is 412 g/mol. The topological polar surface area (TPSA) is 81.8 Å². The van der Waals surface area contributed by atoms with Crippen molar-refractivity contribution in [3.8, 4) is 5.69 Å². The van der Waals surface area contributed by atoms with E-state index >= 15 is 0 Å². The van der Waals surface area contributed by atoms with E-state index in [1.165, 1.54) is 33.9 Å². The van der Waals surface area contributed by atoms with Gasteiger partial charge in [0.2, 0.25) is 5.91 Å². The Labute approximate surface area is 169 Å². The van der Waals surface area contributed by atoms with Gasteiger partial charge in [0.1, 0.15) is 24.1 Å². The fourth-order valence-electron chi connectivity index (χ4n) is 2.87. The number of carbonyl (C=O) groups excluding carboxylic acids is 1. The standard InChI is InChI=1S/C20H15ClFN5O2/c21-14-2-1-3-16(8-14)27-19-17(10-25-27)20(29)26(12-24-19)11-18(28)23-9-13-4-6-15(22)7-5-13/h1-8,10,12H,9,11H2,(H,23,28). The van der Waals surface area contributed by atoms with Crippen molar-refractivity contribution in [3.63, 3.8) is 0 Å². The van der Waals surface area contributed by atoms with E-state index in [-0.39, 0.29) is 30.4 Å². The molecule has 2 heterocycles. The van der Waals surface area contributed by atoms with Crippen LogP contribution in [0.2, 0.25) is 5.02 Å². The van der Waals surface area contributed by atoms with Gasteiger partial charge < -0.3 is 5.32 Å². The molecular formula is C20H15ClFN5O2. The summed E-state index contributed by atoms with van der Waals surface area (Å²) in [5, 5.41) is 7.75. The maximum absolute atomic E-state index is 12.9. The smallest absolute Gasteiger partial charge is 0.264 e. The Balaban J connectivity index is 1.53. The van der Waals surface area contributed by atoms with E-state index in [2.05, 4.69) is 15.4 Å². The van der Waals surface area contributed by atoms with Crippen molar-refractivity contribution in [3.05, 3.63) is 87.8 Å². The first kappa shape index (κ1) is 18.8. The van der Waals surface area contributed by atoms with Gasteiger partial charge in [-0.05, 0) is 35.9 Å². The minimum absolute atomic E-state index is 0.189. The number of fused-ring (bicyclic) bond motifs is 1. The summed E-state index contributed by atoms with van der Waals surface area (Å²) >= 11 is 6.02. The van der Waals surface area contributed by atoms with Crippen LogP contribution in [0.4, 0.5) is 4.39 Å². The molecule has 0 saturated heterocycles. The van der Waals surface area contributed by atoms with E-state index < -0.39 is 0 Å². The first-order valence-electron chi connectivity index (χ1n) is 8.71. The average Bonchev–Trinajstić information content (AvgIpc) is 3.15. The molecule has 0 fully saturated rings. The monoisotopic (exact) mass is 411 g/mol. The van der Waals surface area contributed by atoms with Crippen molar-refractivity contribution in [2.75, 3.05) is 0 Å². The van der Waals surface area contributed by atoms with Crippen LogP contribution in [0.25, 0.3) is 16.7 Å². The van der Waals surface area contributed by atoms with Crippen molar-refractivity contribution in [1.82, 2.24) is 24.6 Å². The molecule has 0 aliphatic heterocycles. The maximum atomic E-state index is 12.9. The Morgan fingerprint density at radius 1 is 1.17 bits per heavy atom. The van der Waals surface area contributed by atoms with E-state index in [9.17, 15) is 14.0 Å². The number of rotatable bonds is 5. The van der Waals surface area contributed by atoms with E-state index in [1.54, 1.807) is 36.4 Å². The molecule has 0 aliphatic rings. The highest BCUT2D eigenvalue weighted by Gasteiger charge is 2.13. The molecule has 1 amide bonds. The van der Waals surface area contributed by atoms with Gasteiger partial charge in [0.05, 0.1) is 11.9 Å². The fourth-order valence-corrected chi connectivity index (χ4v) is 3.06. The molecule has 0 aliphatic carbocycles. The number of aromatic nitrogens is 4. The zero-order valence-electron chi connectivity index (χ0n) is 15.0. The summed E-state index contributed by atoms with van der Waals surface area (Å²) in [4.78, 5) is 29.2. The Bertz CT molecular complexity index is 1250. The van der Waals surface area contributed by atoms with Crippen LogP contribution in [0, 0.1) is 5.82 Å². The van der Waals surface area contributed by atoms with E-state index in [1.807, 2.05) is 0 Å². The first-order valence-corrected chi connectivity index (χ1v) is 9.09. The summed E-state index contributed by atoms with van der Waals surface area (Å²) in [5.74, 6) is -0.705. The quantitative estimate of drug-likeness (QED) is 0.547. The predicted octanol–water partition coefficient (Wildman–Crippen LogP) is 2.69. The van der Waals surface area contributed by atoms with Gasteiger partial charge >= 0.3 is 0 Å². The molecule has 9 heteroatoms. The van der Waals surface area contributed by atoms with Gasteiger partial charge in [-0.25, -0.2) is 14.1 Å². The van der Waals surface area contributed by atoms with Crippen LogP contribution in [-0.4, -0.2) is 25.2 Å². The Morgan fingerprint density at radius 2 is 1.97 bits per heavy atom. The van der Waals surface area contributed by atoms with E-state index in [4.69, 9.17) is 11.6 Å². The molecule has 7 nitrogen and oxygen atoms in total. The fraction of sp³-hybridized carbons (Fsp3) is 0.100. The number of nitrogens with one attached hydrogen (secondary N) is 1. The molecule has 0 bridgehead atoms. The molecule has 0 radical (unpaired) electrons. The number of carbonyl (C=O) groups is 1. The number of hydrogen-bond donors (Lipinski definition) is 1. The second kappa shape index (κ2) is 7.84. The predicted molar refractivity (Wildman–Crippen MR) is 106 cm³/mol. The highest BCUT2D eigenvalue weighted by Crippen LogP contribution is 2.17. The van der Waals surface area contributed by atoms with Crippen molar-refractivity contribution >= 4 is 28.5 Å². The first-order chi connectivity index (χ1) is 14.0. The van der Waals surface area contributed by atoms with Crippen molar-refractivity contribution < 1.29 is 9.18 Å². The van der Waals surface area contributed by atoms with Gasteiger partial charge in [-0.3, -0.25) is 14.2 Å². The Kier molecular flexibility index (Phi) is 5.09. The lowest BCUT2D eigenvalue weighted by Crippen LogP contribution is -2.32. The van der Waals surface area contributed by atoms with Crippen molar-refractivity contribution in [1.29, 1.82) is 0 Å². The van der Waals surface area contributed by atoms with Crippen LogP contribution in [0.3, 0.4) is 0 Å². The summed E-state index contributed by atoms with van der Waals surface area (Å²) in [7, 11) is 0. The van der Waals surface area contributed by atoms with Gasteiger partial charge in [0, 0.05) is 11.6 Å². The molecule has 29 heavy (non-hydrogen) atoms. The SMILES string of the molecule is O=C(Cn1cnc2c(cnn2-c2cccc(Cl)c2)c1=O)NCc1ccc(F)cc1. The van der Waals surface area contributed by atoms with Gasteiger partial charge in [-0.15, -0.1) is 0 Å². The normalized spacial score (nSPS) is 11.0. The molecule has 2 aromatic carbocycles. The lowest BCUT2D eigenvalue weighted by molar-refractivity contribution is -0.121. The van der Waals surface area contributed by atoms with Crippen LogP contribution in [0.15, 0.2) is 65.8 Å². The minimum atomic E-state index is -0.375. The largest absolute Gasteiger partial charge is 0.350 e. The molecule has 0 saturated carbocycles. The third-order valence-electron chi connectivity index (χ3n) is 4.32. The summed E-state index contributed by atoms with van der Waals surface area (Å²) in [5.41, 5.74) is 1.43. The zero-order chi connectivity index (χ0) is 20.4. The number of hydrogen-bond acceptors (Lipinski definition) is 4. The third-order valence-corrected chi connectivity index (χ3v) is 4.56. The molecule has 0 unspecified atom stereocenters. The van der Waals surface area contributed by atoms with Crippen LogP contribution in [0.1, 0.15) is 5.56 Å². The number of amides is 1. The lowest BCUT2D eigenvalue weighted by Gasteiger charge is -2.08. The minimum Gasteiger partial charge on any atom is -0.350 e. The second-order valence-corrected chi connectivity index (χ2v) is 6.79. The highest BCUT2D eigenvalue weighted by atomic mass is 35.5. The molecule has 2 aromatic heterocycles. The van der Waals surface area contributed by atoms with Crippen LogP contribution < -0.4 is 10.9 Å². The molecule has 0 atom stereocenters. The molecule has 4 rings (SSSR count). The second-order valence-electron chi connectivity index (χ2n) is 6.35. The Morgan fingerprint density at radius 3 is 2.72 bits per heavy atom. The van der Waals surface area contributed by atoms with Gasteiger partial charge in [-0.2, -0.15) is 5.10 Å². The number of halogens is 2. The van der Waals surface area contributed by atoms with E-state index in [0.717, 1.165) is 5.56 Å². The van der Waals surface area contributed by atoms with Crippen molar-refractivity contribution in [2.24, 2.45) is 0 Å². The van der Waals surface area contributed by atoms with Crippen LogP contribution in [-0.2, 0) is 17.9 Å². The van der Waals surface area contributed by atoms with E-state index in [0.29, 0.717) is 21.7 Å². The van der Waals surface area contributed by atoms with Gasteiger partial charge in [0.25, 0.3) is 5.56 Å². The molecule has 0 spiro atoms. The van der Waals surface area contributed by atoms with Crippen LogP contribution >= 0.6 is 11.6 Å². The van der Waals surface area contributed by atoms with Crippen molar-refractivity contribution in [2.45, 2.75) is 13.1 Å². The Hall–Kier alpha value is -3.52. The number of benzene rings is 2. The summed E-state index contributed by atoms with van der Waals surface area (Å²) in [6.45, 7) is 0.0432. The maximum Gasteiger partial charge on any atom is 0.264 e. The molecule has 1 N–H and O–H groups in total. The zero-order valence-corrected chi connectivity index (χ0v) is 15.8. The molecule has 4 aromatic rings. The summed E-state index contributed by atoms with van der Waals surface area (Å²) < 4.78 is 15.7. The molecular weight excluding hydrogens is 397 g/mol. The molecule has 146 valence electrons. The van der Waals surface area contributed by atoms with Gasteiger partial charge in [0.15, 0.2) is 5.65 Å². The summed E-state index contributed by atoms with van der Waals surface area (Å²) in [6.07, 6.45) is 2.73. The lowest BCUT2D eigenvalue weighted by atomic mass is 10.2. The number of nitrogens with zero attached hydrogens (tertiary/aromatic N) is 4. The van der Waals surface area contributed by atoms with Crippen LogP contribution in [0.5, 0.6) is 0 Å². The summed E-state index contributed by atoms with van der Waals surface area (Å²) in [6, 6.07) is 12.8. The highest BCUT2D eigenvalue weighted by molar-refractivity contribution is 6.30.